The predicted molar refractivity (Wildman–Crippen MR) is 58.1 cm³/mol. The zero-order valence-corrected chi connectivity index (χ0v) is 8.69. The highest BCUT2D eigenvalue weighted by Crippen LogP contribution is 2.02. The van der Waals surface area contributed by atoms with Gasteiger partial charge in [0.2, 0.25) is 12.2 Å². The van der Waals surface area contributed by atoms with Gasteiger partial charge in [0.1, 0.15) is 0 Å². The largest absolute Gasteiger partial charge is 0.346 e. The lowest BCUT2D eigenvalue weighted by molar-refractivity contribution is -0.121. The molecule has 0 unspecified atom stereocenters. The third kappa shape index (κ3) is 4.40. The van der Waals surface area contributed by atoms with Gasteiger partial charge < -0.3 is 5.32 Å². The van der Waals surface area contributed by atoms with Crippen molar-refractivity contribution in [3.8, 4) is 0 Å². The number of rotatable bonds is 5. The van der Waals surface area contributed by atoms with Crippen molar-refractivity contribution in [3.63, 3.8) is 0 Å². The molecular weight excluding hydrogens is 190 g/mol. The molecule has 0 bridgehead atoms. The number of amides is 1. The van der Waals surface area contributed by atoms with Gasteiger partial charge in [-0.3, -0.25) is 9.59 Å². The first-order valence-electron chi connectivity index (χ1n) is 4.93. The van der Waals surface area contributed by atoms with Gasteiger partial charge in [-0.2, -0.15) is 0 Å². The zero-order chi connectivity index (χ0) is 11.1. The van der Waals surface area contributed by atoms with E-state index in [1.807, 2.05) is 30.3 Å². The summed E-state index contributed by atoms with van der Waals surface area (Å²) < 4.78 is 0. The Morgan fingerprint density at radius 1 is 1.40 bits per heavy atom. The van der Waals surface area contributed by atoms with E-state index in [1.165, 1.54) is 0 Å². The number of nitrogens with one attached hydrogen (secondary N) is 1. The van der Waals surface area contributed by atoms with Crippen molar-refractivity contribution >= 4 is 12.2 Å². The highest BCUT2D eigenvalue weighted by Gasteiger charge is 2.06. The molecule has 0 aliphatic rings. The lowest BCUT2D eigenvalue weighted by Gasteiger charge is -2.06. The van der Waals surface area contributed by atoms with Crippen LogP contribution >= 0.6 is 0 Å². The van der Waals surface area contributed by atoms with Gasteiger partial charge >= 0.3 is 0 Å². The van der Waals surface area contributed by atoms with Crippen LogP contribution in [0.2, 0.25) is 0 Å². The molecule has 0 saturated heterocycles. The summed E-state index contributed by atoms with van der Waals surface area (Å²) in [5, 5.41) is 2.54. The molecule has 1 N–H and O–H groups in total. The van der Waals surface area contributed by atoms with E-state index in [4.69, 9.17) is 0 Å². The summed E-state index contributed by atoms with van der Waals surface area (Å²) in [5.41, 5.74) is 1.12. The van der Waals surface area contributed by atoms with Gasteiger partial charge in [0.05, 0.1) is 6.04 Å². The van der Waals surface area contributed by atoms with Crippen LogP contribution in [0, 0.1) is 0 Å². The van der Waals surface area contributed by atoms with Crippen LogP contribution in [-0.4, -0.2) is 18.2 Å². The molecule has 1 radical (unpaired) electrons. The van der Waals surface area contributed by atoms with Crippen molar-refractivity contribution in [3.05, 3.63) is 35.9 Å². The average Bonchev–Trinajstić information content (AvgIpc) is 2.27. The van der Waals surface area contributed by atoms with Gasteiger partial charge in [0.15, 0.2) is 0 Å². The normalized spacial score (nSPS) is 11.8. The molecule has 0 spiro atoms. The lowest BCUT2D eigenvalue weighted by atomic mass is 10.1. The quantitative estimate of drug-likeness (QED) is 0.784. The zero-order valence-electron chi connectivity index (χ0n) is 8.69. The molecular formula is C12H14NO2. The third-order valence-corrected chi connectivity index (χ3v) is 2.04. The second kappa shape index (κ2) is 5.96. The van der Waals surface area contributed by atoms with Crippen molar-refractivity contribution in [1.29, 1.82) is 0 Å². The number of aryl methyl sites for hydroxylation is 1. The maximum Gasteiger partial charge on any atom is 0.222 e. The smallest absolute Gasteiger partial charge is 0.222 e. The Morgan fingerprint density at radius 3 is 2.67 bits per heavy atom. The second-order valence-electron chi connectivity index (χ2n) is 3.39. The number of carbonyl (C=O) groups is 1. The van der Waals surface area contributed by atoms with Crippen molar-refractivity contribution < 1.29 is 9.59 Å². The highest BCUT2D eigenvalue weighted by atomic mass is 16.2. The minimum atomic E-state index is -0.520. The van der Waals surface area contributed by atoms with E-state index >= 15 is 0 Å². The van der Waals surface area contributed by atoms with Crippen molar-refractivity contribution in [2.75, 3.05) is 0 Å². The minimum Gasteiger partial charge on any atom is -0.346 e. The summed E-state index contributed by atoms with van der Waals surface area (Å²) in [7, 11) is 0. The van der Waals surface area contributed by atoms with E-state index in [-0.39, 0.29) is 5.91 Å². The Kier molecular flexibility index (Phi) is 4.54. The molecule has 0 aliphatic carbocycles. The van der Waals surface area contributed by atoms with Crippen LogP contribution in [0.3, 0.4) is 0 Å². The third-order valence-electron chi connectivity index (χ3n) is 2.04. The minimum absolute atomic E-state index is 0.116. The Hall–Kier alpha value is -1.64. The monoisotopic (exact) mass is 204 g/mol. The summed E-state index contributed by atoms with van der Waals surface area (Å²) in [6.45, 7) is 1.60. The summed E-state index contributed by atoms with van der Waals surface area (Å²) in [6, 6.07) is 9.25. The molecule has 1 amide bonds. The van der Waals surface area contributed by atoms with Gasteiger partial charge in [-0.15, -0.1) is 0 Å². The summed E-state index contributed by atoms with van der Waals surface area (Å²) in [5.74, 6) is -0.116. The van der Waals surface area contributed by atoms with E-state index in [0.29, 0.717) is 12.8 Å². The van der Waals surface area contributed by atoms with Crippen LogP contribution in [0.25, 0.3) is 0 Å². The molecule has 0 aliphatic heterocycles. The molecule has 0 saturated carbocycles. The number of hydrogen-bond donors (Lipinski definition) is 1. The van der Waals surface area contributed by atoms with E-state index in [1.54, 1.807) is 13.2 Å². The molecule has 0 heterocycles. The Morgan fingerprint density at radius 2 is 2.07 bits per heavy atom. The van der Waals surface area contributed by atoms with Crippen LogP contribution in [0.4, 0.5) is 0 Å². The molecule has 0 fully saturated rings. The van der Waals surface area contributed by atoms with Gasteiger partial charge in [0, 0.05) is 6.42 Å². The number of benzene rings is 1. The SMILES string of the molecule is C[C@@H]([C]=O)NC(=O)CCc1ccccc1. The van der Waals surface area contributed by atoms with E-state index in [0.717, 1.165) is 5.56 Å². The second-order valence-corrected chi connectivity index (χ2v) is 3.39. The van der Waals surface area contributed by atoms with Gasteiger partial charge in [-0.05, 0) is 18.9 Å². The fourth-order valence-electron chi connectivity index (χ4n) is 1.25. The number of carbonyl (C=O) groups excluding carboxylic acids is 2. The Labute approximate surface area is 89.5 Å². The first kappa shape index (κ1) is 11.4. The Balaban J connectivity index is 2.31. The maximum absolute atomic E-state index is 11.3. The fourth-order valence-corrected chi connectivity index (χ4v) is 1.25. The van der Waals surface area contributed by atoms with E-state index < -0.39 is 6.04 Å². The number of hydrogen-bond acceptors (Lipinski definition) is 2. The molecule has 0 aromatic heterocycles. The van der Waals surface area contributed by atoms with Crippen molar-refractivity contribution in [2.24, 2.45) is 0 Å². The average molecular weight is 204 g/mol. The highest BCUT2D eigenvalue weighted by molar-refractivity contribution is 5.79. The molecule has 1 atom stereocenters. The topological polar surface area (TPSA) is 46.2 Å². The molecule has 3 heteroatoms. The van der Waals surface area contributed by atoms with Crippen molar-refractivity contribution in [1.82, 2.24) is 5.32 Å². The van der Waals surface area contributed by atoms with Gasteiger partial charge in [-0.1, -0.05) is 30.3 Å². The molecule has 1 rings (SSSR count). The lowest BCUT2D eigenvalue weighted by Crippen LogP contribution is -2.33. The molecule has 3 nitrogen and oxygen atoms in total. The summed E-state index contributed by atoms with van der Waals surface area (Å²) >= 11 is 0. The summed E-state index contributed by atoms with van der Waals surface area (Å²) in [4.78, 5) is 21.5. The Bertz CT molecular complexity index is 322. The maximum atomic E-state index is 11.3. The van der Waals surface area contributed by atoms with Crippen molar-refractivity contribution in [2.45, 2.75) is 25.8 Å². The molecule has 1 aromatic carbocycles. The standard InChI is InChI=1S/C12H14NO2/c1-10(9-14)13-12(15)8-7-11-5-3-2-4-6-11/h2-6,10H,7-8H2,1H3,(H,13,15)/t10-/m0/s1. The van der Waals surface area contributed by atoms with Crippen LogP contribution < -0.4 is 5.32 Å². The predicted octanol–water partition coefficient (Wildman–Crippen LogP) is 1.23. The van der Waals surface area contributed by atoms with Crippen LogP contribution in [0.1, 0.15) is 18.9 Å². The van der Waals surface area contributed by atoms with Crippen LogP contribution in [0.15, 0.2) is 30.3 Å². The molecule has 15 heavy (non-hydrogen) atoms. The van der Waals surface area contributed by atoms with Crippen LogP contribution in [-0.2, 0) is 16.0 Å². The molecule has 79 valence electrons. The van der Waals surface area contributed by atoms with Crippen LogP contribution in [0.5, 0.6) is 0 Å². The first-order valence-corrected chi connectivity index (χ1v) is 4.93. The van der Waals surface area contributed by atoms with Gasteiger partial charge in [0.25, 0.3) is 0 Å². The van der Waals surface area contributed by atoms with Gasteiger partial charge in [-0.25, -0.2) is 0 Å². The molecule has 1 aromatic rings. The fraction of sp³-hybridized carbons (Fsp3) is 0.333. The first-order chi connectivity index (χ1) is 7.22. The summed E-state index contributed by atoms with van der Waals surface area (Å²) in [6.07, 6.45) is 2.80. The van der Waals surface area contributed by atoms with E-state index in [2.05, 4.69) is 5.32 Å². The van der Waals surface area contributed by atoms with E-state index in [9.17, 15) is 9.59 Å².